The summed E-state index contributed by atoms with van der Waals surface area (Å²) in [6.07, 6.45) is 5.58. The maximum absolute atomic E-state index is 12.8. The number of benzene rings is 2. The first kappa shape index (κ1) is 21.8. The monoisotopic (exact) mass is 390 g/mol. The Morgan fingerprint density at radius 2 is 1.12 bits per heavy atom. The number of rotatable bonds is 2. The maximum atomic E-state index is 12.8. The molecule has 0 bridgehead atoms. The number of halogens is 2. The second kappa shape index (κ2) is 9.46. The maximum Gasteiger partial charge on any atom is 0.185 e. The van der Waals surface area contributed by atoms with Gasteiger partial charge in [0, 0.05) is 22.5 Å². The second-order valence-electron chi connectivity index (χ2n) is 6.52. The van der Waals surface area contributed by atoms with E-state index in [9.17, 15) is 4.79 Å². The molecule has 2 aromatic carbocycles. The summed E-state index contributed by atoms with van der Waals surface area (Å²) in [5.41, 5.74) is 16.6. The molecule has 0 heterocycles. The SMILES string of the molecule is CC1C/C(=C/c2ccc(N)cc2)C(=O)/C(=C/c2ccc(N)cc2)C1.Cl.Cl. The van der Waals surface area contributed by atoms with Gasteiger partial charge in [0.05, 0.1) is 0 Å². The highest BCUT2D eigenvalue weighted by molar-refractivity contribution is 6.14. The van der Waals surface area contributed by atoms with Crippen molar-refractivity contribution in [1.29, 1.82) is 0 Å². The fourth-order valence-electron chi connectivity index (χ4n) is 3.05. The lowest BCUT2D eigenvalue weighted by molar-refractivity contribution is -0.113. The van der Waals surface area contributed by atoms with Gasteiger partial charge in [-0.05, 0) is 66.3 Å². The van der Waals surface area contributed by atoms with Crippen molar-refractivity contribution in [3.63, 3.8) is 0 Å². The molecule has 0 aliphatic heterocycles. The Morgan fingerprint density at radius 1 is 0.769 bits per heavy atom. The predicted molar refractivity (Wildman–Crippen MR) is 116 cm³/mol. The van der Waals surface area contributed by atoms with Crippen LogP contribution in [0.25, 0.3) is 12.2 Å². The summed E-state index contributed by atoms with van der Waals surface area (Å²) in [5.74, 6) is 0.588. The van der Waals surface area contributed by atoms with Crippen molar-refractivity contribution in [2.24, 2.45) is 5.92 Å². The number of ketones is 1. The third-order valence-corrected chi connectivity index (χ3v) is 4.27. The normalized spacial score (nSPS) is 19.7. The number of Topliss-reactive ketones (excluding diaryl/α,β-unsaturated/α-hetero) is 1. The fraction of sp³-hybridized carbons (Fsp3) is 0.190. The van der Waals surface area contributed by atoms with E-state index in [0.717, 1.165) is 46.5 Å². The van der Waals surface area contributed by atoms with Crippen LogP contribution in [0.4, 0.5) is 11.4 Å². The van der Waals surface area contributed by atoms with Gasteiger partial charge in [-0.2, -0.15) is 0 Å². The van der Waals surface area contributed by atoms with Crippen molar-refractivity contribution in [2.45, 2.75) is 19.8 Å². The first-order chi connectivity index (χ1) is 11.5. The van der Waals surface area contributed by atoms with Gasteiger partial charge in [-0.3, -0.25) is 4.79 Å². The fourth-order valence-corrected chi connectivity index (χ4v) is 3.05. The van der Waals surface area contributed by atoms with Gasteiger partial charge in [-0.1, -0.05) is 31.2 Å². The molecule has 3 nitrogen and oxygen atoms in total. The van der Waals surface area contributed by atoms with Crippen molar-refractivity contribution in [2.75, 3.05) is 11.5 Å². The lowest BCUT2D eigenvalue weighted by atomic mass is 9.81. The molecule has 26 heavy (non-hydrogen) atoms. The molecule has 0 saturated heterocycles. The zero-order chi connectivity index (χ0) is 17.1. The van der Waals surface area contributed by atoms with E-state index in [4.69, 9.17) is 11.5 Å². The molecule has 138 valence electrons. The number of hydrogen-bond donors (Lipinski definition) is 2. The molecule has 1 saturated carbocycles. The second-order valence-corrected chi connectivity index (χ2v) is 6.52. The summed E-state index contributed by atoms with van der Waals surface area (Å²) in [6.45, 7) is 2.18. The number of nitrogen functional groups attached to an aromatic ring is 2. The molecule has 5 heteroatoms. The van der Waals surface area contributed by atoms with Gasteiger partial charge in [0.15, 0.2) is 5.78 Å². The van der Waals surface area contributed by atoms with Gasteiger partial charge in [0.1, 0.15) is 0 Å². The summed E-state index contributed by atoms with van der Waals surface area (Å²) >= 11 is 0. The number of hydrogen-bond acceptors (Lipinski definition) is 3. The first-order valence-corrected chi connectivity index (χ1v) is 8.18. The number of carbonyl (C=O) groups is 1. The van der Waals surface area contributed by atoms with Crippen molar-refractivity contribution in [1.82, 2.24) is 0 Å². The summed E-state index contributed by atoms with van der Waals surface area (Å²) < 4.78 is 0. The molecule has 1 atom stereocenters. The average Bonchev–Trinajstić information content (AvgIpc) is 2.56. The molecule has 1 aliphatic carbocycles. The topological polar surface area (TPSA) is 69.1 Å². The molecule has 4 N–H and O–H groups in total. The van der Waals surface area contributed by atoms with Gasteiger partial charge >= 0.3 is 0 Å². The van der Waals surface area contributed by atoms with E-state index in [-0.39, 0.29) is 30.6 Å². The molecule has 0 aromatic heterocycles. The largest absolute Gasteiger partial charge is 0.399 e. The van der Waals surface area contributed by atoms with Crippen LogP contribution >= 0.6 is 24.8 Å². The van der Waals surface area contributed by atoms with Gasteiger partial charge < -0.3 is 11.5 Å². The minimum Gasteiger partial charge on any atom is -0.399 e. The van der Waals surface area contributed by atoms with Gasteiger partial charge in [0.2, 0.25) is 0 Å². The molecule has 1 fully saturated rings. The highest BCUT2D eigenvalue weighted by Crippen LogP contribution is 2.32. The van der Waals surface area contributed by atoms with Crippen LogP contribution in [-0.2, 0) is 4.79 Å². The van der Waals surface area contributed by atoms with E-state index in [1.807, 2.05) is 60.7 Å². The zero-order valence-corrected chi connectivity index (χ0v) is 16.3. The first-order valence-electron chi connectivity index (χ1n) is 8.18. The minimum atomic E-state index is 0. The van der Waals surface area contributed by atoms with E-state index in [2.05, 4.69) is 6.92 Å². The standard InChI is InChI=1S/C21H22N2O.2ClH/c1-14-10-17(12-15-2-6-19(22)7-3-15)21(24)18(11-14)13-16-4-8-20(23)9-5-16;;/h2-9,12-14H,10-11,22-23H2,1H3;2*1H/b17-12-,18-13+;;. The molecule has 1 unspecified atom stereocenters. The lowest BCUT2D eigenvalue weighted by Crippen LogP contribution is -2.18. The van der Waals surface area contributed by atoms with Crippen LogP contribution in [0, 0.1) is 5.92 Å². The quantitative estimate of drug-likeness (QED) is 0.549. The average molecular weight is 391 g/mol. The Balaban J connectivity index is 0.00000169. The minimum absolute atomic E-state index is 0. The Hall–Kier alpha value is -2.23. The molecule has 3 rings (SSSR count). The molecule has 1 aliphatic rings. The molecule has 0 radical (unpaired) electrons. The highest BCUT2D eigenvalue weighted by Gasteiger charge is 2.25. The zero-order valence-electron chi connectivity index (χ0n) is 14.6. The molecule has 2 aromatic rings. The molecule has 0 amide bonds. The van der Waals surface area contributed by atoms with Crippen LogP contribution in [0.1, 0.15) is 30.9 Å². The van der Waals surface area contributed by atoms with Crippen LogP contribution in [0.15, 0.2) is 59.7 Å². The third kappa shape index (κ3) is 5.38. The van der Waals surface area contributed by atoms with Crippen LogP contribution in [-0.4, -0.2) is 5.78 Å². The van der Waals surface area contributed by atoms with Crippen molar-refractivity contribution >= 4 is 54.1 Å². The molecule has 0 spiro atoms. The van der Waals surface area contributed by atoms with E-state index in [1.54, 1.807) is 0 Å². The summed E-state index contributed by atoms with van der Waals surface area (Å²) in [4.78, 5) is 12.8. The van der Waals surface area contributed by atoms with Crippen LogP contribution in [0.3, 0.4) is 0 Å². The Kier molecular flexibility index (Phi) is 7.94. The van der Waals surface area contributed by atoms with Crippen molar-refractivity contribution < 1.29 is 4.79 Å². The van der Waals surface area contributed by atoms with E-state index >= 15 is 0 Å². The smallest absolute Gasteiger partial charge is 0.185 e. The van der Waals surface area contributed by atoms with Crippen LogP contribution in [0.2, 0.25) is 0 Å². The van der Waals surface area contributed by atoms with Crippen molar-refractivity contribution in [3.05, 3.63) is 70.8 Å². The van der Waals surface area contributed by atoms with Gasteiger partial charge in [-0.25, -0.2) is 0 Å². The Labute approximate surface area is 167 Å². The number of anilines is 2. The summed E-state index contributed by atoms with van der Waals surface area (Å²) in [6, 6.07) is 15.2. The van der Waals surface area contributed by atoms with E-state index in [1.165, 1.54) is 0 Å². The number of nitrogens with two attached hydrogens (primary N) is 2. The summed E-state index contributed by atoms with van der Waals surface area (Å²) in [7, 11) is 0. The van der Waals surface area contributed by atoms with Crippen molar-refractivity contribution in [3.8, 4) is 0 Å². The van der Waals surface area contributed by atoms with E-state index in [0.29, 0.717) is 5.92 Å². The Morgan fingerprint density at radius 3 is 1.46 bits per heavy atom. The van der Waals surface area contributed by atoms with Gasteiger partial charge in [0.25, 0.3) is 0 Å². The predicted octanol–water partition coefficient (Wildman–Crippen LogP) is 5.16. The number of carbonyl (C=O) groups excluding carboxylic acids is 1. The molecular formula is C21H24Cl2N2O. The lowest BCUT2D eigenvalue weighted by Gasteiger charge is -2.22. The summed E-state index contributed by atoms with van der Waals surface area (Å²) in [5, 5.41) is 0. The number of allylic oxidation sites excluding steroid dienone is 2. The van der Waals surface area contributed by atoms with Crippen LogP contribution in [0.5, 0.6) is 0 Å². The third-order valence-electron chi connectivity index (χ3n) is 4.27. The Bertz CT molecular complexity index is 741. The van der Waals surface area contributed by atoms with E-state index < -0.39 is 0 Å². The van der Waals surface area contributed by atoms with Crippen LogP contribution < -0.4 is 11.5 Å². The molecular weight excluding hydrogens is 367 g/mol. The van der Waals surface area contributed by atoms with Gasteiger partial charge in [-0.15, -0.1) is 24.8 Å². The highest BCUT2D eigenvalue weighted by atomic mass is 35.5.